The van der Waals surface area contributed by atoms with Crippen molar-refractivity contribution in [2.75, 3.05) is 0 Å². The topological polar surface area (TPSA) is 23.5 Å². The molecule has 0 amide bonds. The van der Waals surface area contributed by atoms with Crippen LogP contribution in [0.15, 0.2) is 0 Å². The quantitative estimate of drug-likeness (QED) is 0.297. The van der Waals surface area contributed by atoms with Crippen LogP contribution < -0.4 is 0 Å². The molecule has 0 aliphatic carbocycles. The van der Waals surface area contributed by atoms with Crippen molar-refractivity contribution in [2.45, 2.75) is 0 Å². The van der Waals surface area contributed by atoms with E-state index in [0.29, 0.717) is 10.4 Å². The fraction of sp³-hybridized carbons (Fsp3) is 0. The first-order valence-corrected chi connectivity index (χ1v) is 6.58. The van der Waals surface area contributed by atoms with E-state index >= 15 is 0 Å². The Balaban J connectivity index is 3.80. The molecule has 0 aliphatic heterocycles. The summed E-state index contributed by atoms with van der Waals surface area (Å²) in [5.41, 5.74) is -2.45. The maximum absolute atomic E-state index is 8.77. The summed E-state index contributed by atoms with van der Waals surface area (Å²) >= 11 is 12.0. The molecule has 0 saturated heterocycles. The van der Waals surface area contributed by atoms with Gasteiger partial charge in [-0.1, -0.05) is 25.1 Å². The maximum Gasteiger partial charge on any atom is 0.184 e. The molecule has 1 N–H and O–H groups in total. The van der Waals surface area contributed by atoms with E-state index in [0.717, 1.165) is 0 Å². The van der Waals surface area contributed by atoms with Crippen LogP contribution >= 0.6 is 30.7 Å². The van der Waals surface area contributed by atoms with Crippen LogP contribution in [0, 0.1) is 0 Å². The minimum Gasteiger partial charge on any atom is -0.346 e. The maximum atomic E-state index is 8.77. The van der Waals surface area contributed by atoms with Gasteiger partial charge in [0.25, 0.3) is 0 Å². The van der Waals surface area contributed by atoms with Gasteiger partial charge in [-0.05, 0) is 11.8 Å². The van der Waals surface area contributed by atoms with Gasteiger partial charge in [0.15, 0.2) is 5.62 Å². The summed E-state index contributed by atoms with van der Waals surface area (Å²) in [4.78, 5) is 8.77. The third kappa shape index (κ3) is 4.02. The average molecular weight is 191 g/mol. The van der Waals surface area contributed by atoms with Gasteiger partial charge in [-0.2, -0.15) is 0 Å². The summed E-state index contributed by atoms with van der Waals surface area (Å²) in [6.07, 6.45) is 0. The van der Waals surface area contributed by atoms with Gasteiger partial charge in [0.1, 0.15) is 10.4 Å². The van der Waals surface area contributed by atoms with Crippen molar-refractivity contribution in [3.8, 4) is 0 Å². The third-order valence-corrected chi connectivity index (χ3v) is 7.85. The van der Waals surface area contributed by atoms with Crippen molar-refractivity contribution >= 4 is 52.9 Å². The molecule has 0 fully saturated rings. The molecule has 44 valence electrons. The molecule has 0 aromatic heterocycles. The summed E-state index contributed by atoms with van der Waals surface area (Å²) in [6, 6.07) is 0. The van der Waals surface area contributed by atoms with Crippen LogP contribution in [-0.2, 0) is 11.8 Å². The molecule has 0 aliphatic rings. The second-order valence-corrected chi connectivity index (χ2v) is 9.96. The number of nitrogens with zero attached hydrogens (tertiary/aromatic N) is 1. The second kappa shape index (κ2) is 2.86. The van der Waals surface area contributed by atoms with Gasteiger partial charge in [0, 0.05) is 0 Å². The highest BCUT2D eigenvalue weighted by molar-refractivity contribution is 8.61. The van der Waals surface area contributed by atoms with E-state index in [1.54, 1.807) is 0 Å². The molecule has 0 spiro atoms. The van der Waals surface area contributed by atoms with Crippen molar-refractivity contribution in [2.24, 2.45) is 0 Å². The molecule has 2 nitrogen and oxygen atoms in total. The molecule has 0 rings (SSSR count). The molecular weight excluding hydrogens is 185 g/mol. The van der Waals surface area contributed by atoms with Gasteiger partial charge in [-0.15, -0.1) is 0 Å². The first kappa shape index (κ1) is 8.49. The van der Waals surface area contributed by atoms with Crippen LogP contribution in [0.4, 0.5) is 0 Å². The monoisotopic (exact) mass is 191 g/mol. The molecular formula is H6NOPS3Si. The number of hydrogen-bond acceptors (Lipinski definition) is 2. The SMILES string of the molecule is OP(=S)(S)N([SiH3])S. The molecule has 7 heavy (non-hydrogen) atoms. The zero-order chi connectivity index (χ0) is 6.08. The zero-order valence-electron chi connectivity index (χ0n) is 3.64. The Kier molecular flexibility index (Phi) is 3.47. The molecule has 7 heteroatoms. The Morgan fingerprint density at radius 2 is 2.00 bits per heavy atom. The average Bonchev–Trinajstić information content (AvgIpc) is 1.31. The van der Waals surface area contributed by atoms with Gasteiger partial charge in [0.05, 0.1) is 0 Å². The van der Waals surface area contributed by atoms with E-state index in [-0.39, 0.29) is 0 Å². The zero-order valence-corrected chi connectivity index (χ0v) is 9.14. The van der Waals surface area contributed by atoms with E-state index in [2.05, 4.69) is 36.9 Å². The van der Waals surface area contributed by atoms with Crippen molar-refractivity contribution in [1.29, 1.82) is 0 Å². The lowest BCUT2D eigenvalue weighted by atomic mass is 13.8. The Bertz CT molecular complexity index is 97.1. The van der Waals surface area contributed by atoms with Crippen LogP contribution in [0.2, 0.25) is 0 Å². The van der Waals surface area contributed by atoms with Crippen molar-refractivity contribution in [3.05, 3.63) is 0 Å². The molecule has 0 saturated carbocycles. The number of rotatable bonds is 1. The summed E-state index contributed by atoms with van der Waals surface area (Å²) in [7, 11) is 0.644. The lowest BCUT2D eigenvalue weighted by Gasteiger charge is -2.13. The second-order valence-electron chi connectivity index (χ2n) is 1.00. The molecule has 1 atom stereocenters. The fourth-order valence-corrected chi connectivity index (χ4v) is 0. The Morgan fingerprint density at radius 1 is 1.86 bits per heavy atom. The van der Waals surface area contributed by atoms with Crippen LogP contribution in [0.25, 0.3) is 0 Å². The lowest BCUT2D eigenvalue weighted by molar-refractivity contribution is 0.622. The van der Waals surface area contributed by atoms with Gasteiger partial charge < -0.3 is 4.89 Å². The molecule has 0 aromatic carbocycles. The number of thiol groups is 2. The van der Waals surface area contributed by atoms with E-state index in [1.165, 1.54) is 3.74 Å². The molecule has 0 aromatic rings. The first-order valence-electron chi connectivity index (χ1n) is 1.43. The van der Waals surface area contributed by atoms with Crippen molar-refractivity contribution < 1.29 is 4.89 Å². The molecule has 0 radical (unpaired) electrons. The molecule has 0 heterocycles. The van der Waals surface area contributed by atoms with Gasteiger partial charge in [-0.3, -0.25) is 0 Å². The highest BCUT2D eigenvalue weighted by Crippen LogP contribution is 2.49. The minimum absolute atomic E-state index is 0.644. The van der Waals surface area contributed by atoms with Gasteiger partial charge >= 0.3 is 0 Å². The fourth-order valence-electron chi connectivity index (χ4n) is 0. The predicted molar refractivity (Wildman–Crippen MR) is 46.3 cm³/mol. The van der Waals surface area contributed by atoms with Crippen LogP contribution in [0.3, 0.4) is 0 Å². The summed E-state index contributed by atoms with van der Waals surface area (Å²) in [6.45, 7) is 0. The van der Waals surface area contributed by atoms with Crippen LogP contribution in [0.5, 0.6) is 0 Å². The highest BCUT2D eigenvalue weighted by Gasteiger charge is 2.06. The predicted octanol–water partition coefficient (Wildman–Crippen LogP) is -0.440. The minimum atomic E-state index is -2.45. The van der Waals surface area contributed by atoms with Crippen LogP contribution in [-0.4, -0.2) is 19.0 Å². The highest BCUT2D eigenvalue weighted by atomic mass is 32.9. The van der Waals surface area contributed by atoms with Crippen molar-refractivity contribution in [3.63, 3.8) is 0 Å². The normalized spacial score (nSPS) is 20.0. The van der Waals surface area contributed by atoms with Gasteiger partial charge in [0.2, 0.25) is 0 Å². The van der Waals surface area contributed by atoms with E-state index in [9.17, 15) is 0 Å². The largest absolute Gasteiger partial charge is 0.346 e. The molecule has 1 unspecified atom stereocenters. The Hall–Kier alpha value is 1.49. The van der Waals surface area contributed by atoms with E-state index in [4.69, 9.17) is 4.89 Å². The third-order valence-electron chi connectivity index (χ3n) is 0.377. The van der Waals surface area contributed by atoms with Crippen LogP contribution in [0.1, 0.15) is 0 Å². The van der Waals surface area contributed by atoms with Gasteiger partial charge in [-0.25, -0.2) is 3.74 Å². The Labute approximate surface area is 61.6 Å². The van der Waals surface area contributed by atoms with E-state index in [1.807, 2.05) is 0 Å². The number of hydrogen-bond donors (Lipinski definition) is 3. The summed E-state index contributed by atoms with van der Waals surface area (Å²) in [5, 5.41) is 0. The summed E-state index contributed by atoms with van der Waals surface area (Å²) < 4.78 is 1.37. The standard InChI is InChI=1S/H6NOPS3Si/c2-3(5,6)1(4)7/h4H,7H3,(H2,2,5,6). The molecule has 0 bridgehead atoms. The smallest absolute Gasteiger partial charge is 0.184 e. The Morgan fingerprint density at radius 3 is 2.00 bits per heavy atom. The van der Waals surface area contributed by atoms with Crippen molar-refractivity contribution in [1.82, 2.24) is 3.74 Å². The summed E-state index contributed by atoms with van der Waals surface area (Å²) in [5.74, 6) is 0. The first-order chi connectivity index (χ1) is 2.94. The van der Waals surface area contributed by atoms with E-state index < -0.39 is 5.62 Å². The lowest BCUT2D eigenvalue weighted by Crippen LogP contribution is -1.96.